The van der Waals surface area contributed by atoms with Crippen LogP contribution in [0.15, 0.2) is 36.8 Å². The maximum atomic E-state index is 13.7. The Bertz CT molecular complexity index is 1560. The Labute approximate surface area is 226 Å². The minimum absolute atomic E-state index is 0.0135. The fourth-order valence-corrected chi connectivity index (χ4v) is 5.84. The zero-order chi connectivity index (χ0) is 27.7. The summed E-state index contributed by atoms with van der Waals surface area (Å²) in [7, 11) is 0.572. The predicted octanol–water partition coefficient (Wildman–Crippen LogP) is 2.83. The van der Waals surface area contributed by atoms with Crippen molar-refractivity contribution in [2.24, 2.45) is 0 Å². The van der Waals surface area contributed by atoms with Crippen molar-refractivity contribution in [1.29, 1.82) is 0 Å². The Morgan fingerprint density at radius 2 is 1.67 bits per heavy atom. The molecule has 4 aromatic rings. The topological polar surface area (TPSA) is 148 Å². The van der Waals surface area contributed by atoms with E-state index in [1.54, 1.807) is 42.8 Å². The lowest BCUT2D eigenvalue weighted by Crippen LogP contribution is -2.31. The smallest absolute Gasteiger partial charge is 0.243 e. The molecule has 0 spiro atoms. The second kappa shape index (κ2) is 10.5. The molecule has 0 aliphatic carbocycles. The van der Waals surface area contributed by atoms with Crippen molar-refractivity contribution in [2.45, 2.75) is 44.4 Å². The van der Waals surface area contributed by atoms with Gasteiger partial charge in [0.15, 0.2) is 11.6 Å². The lowest BCUT2D eigenvalue weighted by Gasteiger charge is -2.21. The Morgan fingerprint density at radius 3 is 2.31 bits per heavy atom. The van der Waals surface area contributed by atoms with Crippen molar-refractivity contribution in [3.8, 4) is 34.3 Å². The van der Waals surface area contributed by atoms with Gasteiger partial charge in [0, 0.05) is 18.2 Å². The molecular formula is C25H30N8O5S. The van der Waals surface area contributed by atoms with Gasteiger partial charge in [-0.25, -0.2) is 18.4 Å². The van der Waals surface area contributed by atoms with Crippen LogP contribution in [0.5, 0.6) is 17.2 Å². The average Bonchev–Trinajstić information content (AvgIpc) is 3.68. The first kappa shape index (κ1) is 26.4. The highest BCUT2D eigenvalue weighted by atomic mass is 32.2. The standard InChI is InChI=1S/C25H30N8O5S/c1-15(23-26-12-17(36-3)13-27-23)16(2)39(34,35)31-25-30-29-24(18-14-28-32-11-7-8-19(18)32)33(25)22-20(37-4)9-6-10-21(22)38-5/h6,9-10,12-16H,7-8,11H2,1-5H3,(H,30,31)/t15-,16-/m0/s1. The Morgan fingerprint density at radius 1 is 0.974 bits per heavy atom. The summed E-state index contributed by atoms with van der Waals surface area (Å²) in [5.41, 5.74) is 2.22. The van der Waals surface area contributed by atoms with Gasteiger partial charge < -0.3 is 14.2 Å². The lowest BCUT2D eigenvalue weighted by molar-refractivity contribution is 0.391. The largest absolute Gasteiger partial charge is 0.494 e. The van der Waals surface area contributed by atoms with Crippen molar-refractivity contribution in [3.05, 3.63) is 48.3 Å². The number of hydrogen-bond donors (Lipinski definition) is 1. The van der Waals surface area contributed by atoms with Gasteiger partial charge in [0.25, 0.3) is 0 Å². The monoisotopic (exact) mass is 554 g/mol. The van der Waals surface area contributed by atoms with Crippen LogP contribution in [0.3, 0.4) is 0 Å². The molecule has 4 heterocycles. The van der Waals surface area contributed by atoms with Gasteiger partial charge in [-0.05, 0) is 31.9 Å². The molecule has 14 heteroatoms. The molecule has 0 radical (unpaired) electrons. The van der Waals surface area contributed by atoms with E-state index < -0.39 is 21.2 Å². The highest BCUT2D eigenvalue weighted by molar-refractivity contribution is 7.93. The first-order chi connectivity index (χ1) is 18.8. The summed E-state index contributed by atoms with van der Waals surface area (Å²) in [6, 6.07) is 5.30. The first-order valence-electron chi connectivity index (χ1n) is 12.4. The fourth-order valence-electron chi connectivity index (χ4n) is 4.60. The van der Waals surface area contributed by atoms with Crippen LogP contribution in [0.4, 0.5) is 5.95 Å². The number of rotatable bonds is 10. The number of anilines is 1. The van der Waals surface area contributed by atoms with Crippen molar-refractivity contribution >= 4 is 16.0 Å². The molecule has 1 aromatic carbocycles. The van der Waals surface area contributed by atoms with E-state index in [2.05, 4.69) is 30.0 Å². The molecule has 0 fully saturated rings. The molecule has 13 nitrogen and oxygen atoms in total. The predicted molar refractivity (Wildman–Crippen MR) is 143 cm³/mol. The number of fused-ring (bicyclic) bond motifs is 1. The fraction of sp³-hybridized carbons (Fsp3) is 0.400. The third-order valence-electron chi connectivity index (χ3n) is 6.98. The second-order valence-electron chi connectivity index (χ2n) is 9.15. The van der Waals surface area contributed by atoms with Crippen molar-refractivity contribution in [3.63, 3.8) is 0 Å². The molecule has 3 aromatic heterocycles. The average molecular weight is 555 g/mol. The molecule has 5 rings (SSSR count). The lowest BCUT2D eigenvalue weighted by atomic mass is 10.1. The van der Waals surface area contributed by atoms with Crippen LogP contribution in [0, 0.1) is 0 Å². The van der Waals surface area contributed by atoms with E-state index in [9.17, 15) is 8.42 Å². The van der Waals surface area contributed by atoms with E-state index in [0.717, 1.165) is 30.6 Å². The SMILES string of the molecule is COc1cnc([C@@H](C)[C@H](C)S(=O)(=O)Nc2nnc(-c3cnn4c3CCC4)n2-c2c(OC)cccc2OC)nc1. The van der Waals surface area contributed by atoms with Gasteiger partial charge in [0.05, 0.1) is 50.7 Å². The van der Waals surface area contributed by atoms with Gasteiger partial charge in [-0.2, -0.15) is 5.10 Å². The molecule has 0 saturated carbocycles. The van der Waals surface area contributed by atoms with Gasteiger partial charge in [-0.15, -0.1) is 10.2 Å². The number of sulfonamides is 1. The number of hydrogen-bond acceptors (Lipinski definition) is 10. The highest BCUT2D eigenvalue weighted by Crippen LogP contribution is 2.39. The third-order valence-corrected chi connectivity index (χ3v) is 8.83. The van der Waals surface area contributed by atoms with Crippen LogP contribution in [0.2, 0.25) is 0 Å². The number of aromatic nitrogens is 7. The molecule has 0 bridgehead atoms. The number of aryl methyl sites for hydroxylation is 1. The summed E-state index contributed by atoms with van der Waals surface area (Å²) < 4.78 is 49.9. The molecular weight excluding hydrogens is 524 g/mol. The van der Waals surface area contributed by atoms with E-state index in [1.165, 1.54) is 33.7 Å². The molecule has 0 unspecified atom stereocenters. The van der Waals surface area contributed by atoms with Gasteiger partial charge in [-0.1, -0.05) is 13.0 Å². The van der Waals surface area contributed by atoms with Gasteiger partial charge >= 0.3 is 0 Å². The van der Waals surface area contributed by atoms with Crippen molar-refractivity contribution in [1.82, 2.24) is 34.5 Å². The third kappa shape index (κ3) is 4.75. The van der Waals surface area contributed by atoms with E-state index in [0.29, 0.717) is 34.6 Å². The zero-order valence-corrected chi connectivity index (χ0v) is 23.1. The summed E-state index contributed by atoms with van der Waals surface area (Å²) in [5.74, 6) is 1.62. The second-order valence-corrected chi connectivity index (χ2v) is 11.2. The Hall–Kier alpha value is -4.20. The number of benzene rings is 1. The zero-order valence-electron chi connectivity index (χ0n) is 22.3. The summed E-state index contributed by atoms with van der Waals surface area (Å²) >= 11 is 0. The summed E-state index contributed by atoms with van der Waals surface area (Å²) in [4.78, 5) is 8.54. The van der Waals surface area contributed by atoms with Crippen LogP contribution < -0.4 is 18.9 Å². The number of para-hydroxylation sites is 1. The van der Waals surface area contributed by atoms with Crippen molar-refractivity contribution in [2.75, 3.05) is 26.1 Å². The number of methoxy groups -OCH3 is 3. The number of nitrogens with zero attached hydrogens (tertiary/aromatic N) is 7. The molecule has 2 atom stereocenters. The van der Waals surface area contributed by atoms with Crippen LogP contribution in [0.25, 0.3) is 17.1 Å². The van der Waals surface area contributed by atoms with Crippen molar-refractivity contribution < 1.29 is 22.6 Å². The minimum atomic E-state index is -4.00. The summed E-state index contributed by atoms with van der Waals surface area (Å²) in [6.07, 6.45) is 6.52. The Balaban J connectivity index is 1.59. The highest BCUT2D eigenvalue weighted by Gasteiger charge is 2.33. The van der Waals surface area contributed by atoms with E-state index in [4.69, 9.17) is 14.2 Å². The molecule has 206 valence electrons. The normalized spacial score (nSPS) is 14.5. The first-order valence-corrected chi connectivity index (χ1v) is 13.9. The van der Waals surface area contributed by atoms with Crippen LogP contribution >= 0.6 is 0 Å². The maximum absolute atomic E-state index is 13.7. The van der Waals surface area contributed by atoms with Crippen LogP contribution in [-0.4, -0.2) is 69.5 Å². The molecule has 0 saturated heterocycles. The van der Waals surface area contributed by atoms with E-state index >= 15 is 0 Å². The molecule has 1 aliphatic rings. The van der Waals surface area contributed by atoms with Crippen LogP contribution in [-0.2, 0) is 23.0 Å². The van der Waals surface area contributed by atoms with E-state index in [-0.39, 0.29) is 5.95 Å². The summed E-state index contributed by atoms with van der Waals surface area (Å²) in [5, 5.41) is 12.3. The molecule has 39 heavy (non-hydrogen) atoms. The Kier molecular flexibility index (Phi) is 7.12. The van der Waals surface area contributed by atoms with Gasteiger partial charge in [0.1, 0.15) is 23.0 Å². The number of nitrogens with one attached hydrogen (secondary N) is 1. The van der Waals surface area contributed by atoms with E-state index in [1.807, 2.05) is 4.68 Å². The molecule has 0 amide bonds. The quantitative estimate of drug-likeness (QED) is 0.310. The maximum Gasteiger partial charge on any atom is 0.243 e. The van der Waals surface area contributed by atoms with Gasteiger partial charge in [-0.3, -0.25) is 14.0 Å². The molecule has 1 N–H and O–H groups in total. The number of ether oxygens (including phenoxy) is 3. The summed E-state index contributed by atoms with van der Waals surface area (Å²) in [6.45, 7) is 4.15. The molecule has 1 aliphatic heterocycles. The minimum Gasteiger partial charge on any atom is -0.494 e. The van der Waals surface area contributed by atoms with Gasteiger partial charge in [0.2, 0.25) is 16.0 Å². The van der Waals surface area contributed by atoms with Crippen LogP contribution in [0.1, 0.15) is 37.7 Å².